The number of quaternary nitrogens is 1. The van der Waals surface area contributed by atoms with Crippen LogP contribution in [-0.2, 0) is 0 Å². The first kappa shape index (κ1) is 22.3. The molecule has 0 aromatic heterocycles. The van der Waals surface area contributed by atoms with Gasteiger partial charge in [-0.15, -0.1) is 0 Å². The minimum Gasteiger partial charge on any atom is -0.497 e. The lowest BCUT2D eigenvalue weighted by Gasteiger charge is -2.42. The molecule has 3 aromatic rings. The summed E-state index contributed by atoms with van der Waals surface area (Å²) in [7, 11) is 3.67. The molecule has 2 aliphatic heterocycles. The van der Waals surface area contributed by atoms with Crippen LogP contribution in [0.3, 0.4) is 0 Å². The van der Waals surface area contributed by atoms with E-state index in [1.165, 1.54) is 0 Å². The first-order valence-corrected chi connectivity index (χ1v) is 11.6. The van der Waals surface area contributed by atoms with Crippen LogP contribution >= 0.6 is 11.6 Å². The van der Waals surface area contributed by atoms with Crippen LogP contribution in [0.1, 0.15) is 15.9 Å². The topological polar surface area (TPSA) is 66.0 Å². The van der Waals surface area contributed by atoms with Gasteiger partial charge in [0, 0.05) is 21.8 Å². The number of benzene rings is 3. The Kier molecular flexibility index (Phi) is 5.89. The summed E-state index contributed by atoms with van der Waals surface area (Å²) in [6.45, 7) is 3.00. The molecule has 1 amide bonds. The fourth-order valence-corrected chi connectivity index (χ4v) is 4.50. The third kappa shape index (κ3) is 4.44. The van der Waals surface area contributed by atoms with Gasteiger partial charge < -0.3 is 15.0 Å². The van der Waals surface area contributed by atoms with E-state index in [9.17, 15) is 4.79 Å². The van der Waals surface area contributed by atoms with Crippen molar-refractivity contribution in [3.05, 3.63) is 82.9 Å². The van der Waals surface area contributed by atoms with E-state index in [0.717, 1.165) is 60.4 Å². The Hall–Kier alpha value is -3.55. The number of nitrogens with one attached hydrogen (secondary N) is 2. The highest BCUT2D eigenvalue weighted by molar-refractivity contribution is 6.31. The number of hydrogen-bond acceptors (Lipinski definition) is 5. The molecule has 5 rings (SSSR count). The predicted octanol–water partition coefficient (Wildman–Crippen LogP) is 4.59. The average Bonchev–Trinajstić information content (AvgIpc) is 3.01. The summed E-state index contributed by atoms with van der Waals surface area (Å²) in [5, 5.41) is 4.15. The normalized spacial score (nSPS) is 16.3. The summed E-state index contributed by atoms with van der Waals surface area (Å²) in [5.41, 5.74) is 7.61. The van der Waals surface area contributed by atoms with Crippen LogP contribution in [0.2, 0.25) is 5.02 Å². The van der Waals surface area contributed by atoms with Gasteiger partial charge >= 0.3 is 0 Å². The minimum atomic E-state index is -0.0940. The molecule has 0 unspecified atom stereocenters. The molecule has 0 bridgehead atoms. The van der Waals surface area contributed by atoms with Gasteiger partial charge in [-0.05, 0) is 54.6 Å². The fourth-order valence-electron chi connectivity index (χ4n) is 4.33. The summed E-state index contributed by atoms with van der Waals surface area (Å²) >= 11 is 6.27. The Morgan fingerprint density at radius 2 is 1.79 bits per heavy atom. The Labute approximate surface area is 204 Å². The number of carbonyl (C=O) groups excluding carboxylic acids is 1. The van der Waals surface area contributed by atoms with Gasteiger partial charge in [-0.2, -0.15) is 5.43 Å². The molecular formula is C26H27ClN5O2+. The molecule has 174 valence electrons. The number of hydrogen-bond donors (Lipinski definition) is 2. The van der Waals surface area contributed by atoms with Gasteiger partial charge in [-0.25, -0.2) is 9.58 Å². The van der Waals surface area contributed by atoms with E-state index in [1.54, 1.807) is 31.4 Å². The van der Waals surface area contributed by atoms with E-state index in [-0.39, 0.29) is 5.91 Å². The number of amides is 1. The maximum atomic E-state index is 12.9. The Morgan fingerprint density at radius 1 is 1.06 bits per heavy atom. The lowest BCUT2D eigenvalue weighted by Crippen LogP contribution is -2.65. The second-order valence-corrected chi connectivity index (χ2v) is 9.20. The van der Waals surface area contributed by atoms with Gasteiger partial charge in [-0.1, -0.05) is 23.7 Å². The molecule has 2 aliphatic rings. The quantitative estimate of drug-likeness (QED) is 0.542. The first-order chi connectivity index (χ1) is 16.4. The number of fused-ring (bicyclic) bond motifs is 2. The highest BCUT2D eigenvalue weighted by Gasteiger charge is 2.34. The van der Waals surface area contributed by atoms with E-state index < -0.39 is 0 Å². The van der Waals surface area contributed by atoms with Crippen LogP contribution in [-0.4, -0.2) is 61.6 Å². The number of likely N-dealkylation sites (N-methyl/N-ethyl adjacent to an activating group) is 1. The number of para-hydroxylation sites is 1. The van der Waals surface area contributed by atoms with Crippen molar-refractivity contribution >= 4 is 40.4 Å². The standard InChI is InChI=1S/C26H26ClN5O2/c1-32(30-26(33)18-7-10-20(34-2)11-8-18)15-13-31(14-16-32)25-21-5-3-4-6-22(21)28-23-12-9-19(27)17-24(23)29-25/h3-12,17H,13-16H2,1-2H3,(H-,28,29,30,33)/p+1. The third-order valence-electron chi connectivity index (χ3n) is 6.37. The molecule has 1 fully saturated rings. The van der Waals surface area contributed by atoms with Crippen molar-refractivity contribution in [2.24, 2.45) is 4.99 Å². The van der Waals surface area contributed by atoms with Gasteiger partial charge in [-0.3, -0.25) is 4.79 Å². The number of anilines is 2. The number of amidine groups is 1. The molecule has 2 N–H and O–H groups in total. The third-order valence-corrected chi connectivity index (χ3v) is 6.61. The number of halogens is 1. The largest absolute Gasteiger partial charge is 0.497 e. The second-order valence-electron chi connectivity index (χ2n) is 8.77. The van der Waals surface area contributed by atoms with Crippen LogP contribution in [0.5, 0.6) is 5.75 Å². The minimum absolute atomic E-state index is 0.0940. The zero-order valence-corrected chi connectivity index (χ0v) is 20.0. The Morgan fingerprint density at radius 3 is 2.53 bits per heavy atom. The average molecular weight is 477 g/mol. The van der Waals surface area contributed by atoms with Gasteiger partial charge in [0.25, 0.3) is 5.91 Å². The number of ether oxygens (including phenoxy) is 1. The summed E-state index contributed by atoms with van der Waals surface area (Å²) in [5.74, 6) is 1.55. The Balaban J connectivity index is 1.35. The molecule has 0 radical (unpaired) electrons. The number of nitrogens with zero attached hydrogens (tertiary/aromatic N) is 3. The molecule has 0 saturated carbocycles. The molecule has 8 heteroatoms. The molecule has 34 heavy (non-hydrogen) atoms. The van der Waals surface area contributed by atoms with Crippen molar-refractivity contribution in [2.75, 3.05) is 45.7 Å². The van der Waals surface area contributed by atoms with E-state index in [2.05, 4.69) is 34.8 Å². The molecule has 0 spiro atoms. The van der Waals surface area contributed by atoms with Crippen LogP contribution in [0.25, 0.3) is 0 Å². The van der Waals surface area contributed by atoms with Crippen molar-refractivity contribution in [3.63, 3.8) is 0 Å². The first-order valence-electron chi connectivity index (χ1n) is 11.2. The van der Waals surface area contributed by atoms with Crippen molar-refractivity contribution in [3.8, 4) is 5.75 Å². The van der Waals surface area contributed by atoms with Crippen molar-refractivity contribution in [2.45, 2.75) is 0 Å². The van der Waals surface area contributed by atoms with E-state index >= 15 is 0 Å². The lowest BCUT2D eigenvalue weighted by atomic mass is 10.1. The molecule has 3 aromatic carbocycles. The van der Waals surface area contributed by atoms with Crippen molar-refractivity contribution in [1.82, 2.24) is 10.3 Å². The summed E-state index contributed by atoms with van der Waals surface area (Å²) in [6, 6.07) is 21.1. The predicted molar refractivity (Wildman–Crippen MR) is 135 cm³/mol. The van der Waals surface area contributed by atoms with Gasteiger partial charge in [0.15, 0.2) is 0 Å². The molecular weight excluding hydrogens is 450 g/mol. The summed E-state index contributed by atoms with van der Waals surface area (Å²) in [6.07, 6.45) is 0. The van der Waals surface area contributed by atoms with Gasteiger partial charge in [0.05, 0.1) is 38.6 Å². The maximum Gasteiger partial charge on any atom is 0.295 e. The molecule has 1 saturated heterocycles. The summed E-state index contributed by atoms with van der Waals surface area (Å²) < 4.78 is 5.64. The lowest BCUT2D eigenvalue weighted by molar-refractivity contribution is -0.946. The van der Waals surface area contributed by atoms with E-state index in [0.29, 0.717) is 15.2 Å². The number of rotatable bonds is 3. The highest BCUT2D eigenvalue weighted by Crippen LogP contribution is 2.36. The SMILES string of the molecule is COc1ccc(C(=O)N[N+]2(C)CCN(C3=Nc4cc(Cl)ccc4Nc4ccccc43)CC2)cc1. The molecule has 0 atom stereocenters. The van der Waals surface area contributed by atoms with Crippen molar-refractivity contribution in [1.29, 1.82) is 0 Å². The highest BCUT2D eigenvalue weighted by atomic mass is 35.5. The summed E-state index contributed by atoms with van der Waals surface area (Å²) in [4.78, 5) is 20.2. The zero-order valence-electron chi connectivity index (χ0n) is 19.2. The zero-order chi connectivity index (χ0) is 23.7. The number of aliphatic imine (C=N–C) groups is 1. The van der Waals surface area contributed by atoms with Crippen LogP contribution in [0, 0.1) is 0 Å². The van der Waals surface area contributed by atoms with Crippen LogP contribution in [0.4, 0.5) is 17.1 Å². The smallest absolute Gasteiger partial charge is 0.295 e. The number of carbonyl (C=O) groups is 1. The molecule has 7 nitrogen and oxygen atoms in total. The van der Waals surface area contributed by atoms with Crippen LogP contribution in [0.15, 0.2) is 71.7 Å². The van der Waals surface area contributed by atoms with Gasteiger partial charge in [0.2, 0.25) is 0 Å². The van der Waals surface area contributed by atoms with Gasteiger partial charge in [0.1, 0.15) is 24.7 Å². The van der Waals surface area contributed by atoms with E-state index in [4.69, 9.17) is 21.3 Å². The van der Waals surface area contributed by atoms with E-state index in [1.807, 2.05) is 30.3 Å². The van der Waals surface area contributed by atoms with Crippen LogP contribution < -0.4 is 15.5 Å². The Bertz CT molecular complexity index is 1250. The maximum absolute atomic E-state index is 12.9. The van der Waals surface area contributed by atoms with Crippen molar-refractivity contribution < 1.29 is 14.1 Å². The fraction of sp³-hybridized carbons (Fsp3) is 0.231. The number of methoxy groups -OCH3 is 1. The molecule has 0 aliphatic carbocycles. The second kappa shape index (κ2) is 9.00. The number of piperazine rings is 1. The monoisotopic (exact) mass is 476 g/mol. The molecule has 2 heterocycles.